The summed E-state index contributed by atoms with van der Waals surface area (Å²) >= 11 is 0. The van der Waals surface area contributed by atoms with E-state index in [0.717, 1.165) is 16.7 Å². The molecule has 1 fully saturated rings. The van der Waals surface area contributed by atoms with Gasteiger partial charge in [0.1, 0.15) is 0 Å². The van der Waals surface area contributed by atoms with Crippen LogP contribution in [0.2, 0.25) is 0 Å². The highest BCUT2D eigenvalue weighted by Gasteiger charge is 2.54. The standard InChI is InChI=1S/C25H26N2O3/c1-15-11-16(2)13-19(12-15)26-23(28)21-17(3)9-10-20-22(21)25(30)27(24(20)29)14-18-7-5-4-6-8-18/h4-13,17,20-22H,14H2,1-3H3,(H,26,28)/t17-,20+,21-,22-/m1/s1. The van der Waals surface area contributed by atoms with Gasteiger partial charge in [-0.05, 0) is 48.6 Å². The zero-order valence-corrected chi connectivity index (χ0v) is 17.5. The molecule has 4 rings (SSSR count). The van der Waals surface area contributed by atoms with E-state index in [-0.39, 0.29) is 30.2 Å². The van der Waals surface area contributed by atoms with E-state index >= 15 is 0 Å². The van der Waals surface area contributed by atoms with Crippen LogP contribution in [0.15, 0.2) is 60.7 Å². The summed E-state index contributed by atoms with van der Waals surface area (Å²) in [6.07, 6.45) is 3.70. The van der Waals surface area contributed by atoms with Crippen molar-refractivity contribution < 1.29 is 14.4 Å². The molecule has 1 aliphatic carbocycles. The first-order chi connectivity index (χ1) is 14.3. The smallest absolute Gasteiger partial charge is 0.237 e. The Bertz CT molecular complexity index is 1010. The molecule has 3 amide bonds. The van der Waals surface area contributed by atoms with Crippen molar-refractivity contribution in [3.05, 3.63) is 77.4 Å². The molecule has 2 aromatic carbocycles. The summed E-state index contributed by atoms with van der Waals surface area (Å²) in [6, 6.07) is 15.3. The van der Waals surface area contributed by atoms with Gasteiger partial charge in [0.2, 0.25) is 17.7 Å². The number of nitrogens with one attached hydrogen (secondary N) is 1. The number of benzene rings is 2. The summed E-state index contributed by atoms with van der Waals surface area (Å²) in [5, 5.41) is 2.98. The van der Waals surface area contributed by atoms with Gasteiger partial charge in [-0.1, -0.05) is 55.5 Å². The molecule has 0 saturated carbocycles. The first-order valence-corrected chi connectivity index (χ1v) is 10.3. The Kier molecular flexibility index (Phi) is 5.29. The number of allylic oxidation sites excluding steroid dienone is 1. The highest BCUT2D eigenvalue weighted by atomic mass is 16.2. The van der Waals surface area contributed by atoms with Crippen molar-refractivity contribution in [2.45, 2.75) is 27.3 Å². The summed E-state index contributed by atoms with van der Waals surface area (Å²) < 4.78 is 0. The van der Waals surface area contributed by atoms with Gasteiger partial charge in [-0.3, -0.25) is 19.3 Å². The van der Waals surface area contributed by atoms with E-state index in [1.165, 1.54) is 4.90 Å². The SMILES string of the molecule is Cc1cc(C)cc(NC(=O)[C@H]2[C@@H]3C(=O)N(Cc4ccccc4)C(=O)[C@H]3C=C[C@H]2C)c1. The molecule has 5 nitrogen and oxygen atoms in total. The fraction of sp³-hybridized carbons (Fsp3) is 0.320. The summed E-state index contributed by atoms with van der Waals surface area (Å²) in [4.78, 5) is 40.8. The molecule has 30 heavy (non-hydrogen) atoms. The number of imide groups is 1. The minimum absolute atomic E-state index is 0.134. The molecular weight excluding hydrogens is 376 g/mol. The lowest BCUT2D eigenvalue weighted by Gasteiger charge is -2.30. The van der Waals surface area contributed by atoms with Gasteiger partial charge in [-0.2, -0.15) is 0 Å². The molecule has 0 radical (unpaired) electrons. The number of carbonyl (C=O) groups is 3. The molecule has 4 atom stereocenters. The normalized spacial score (nSPS) is 25.4. The van der Waals surface area contributed by atoms with Crippen molar-refractivity contribution in [2.24, 2.45) is 23.7 Å². The minimum atomic E-state index is -0.660. The second-order valence-corrected chi connectivity index (χ2v) is 8.44. The molecule has 1 heterocycles. The monoisotopic (exact) mass is 402 g/mol. The summed E-state index contributed by atoms with van der Waals surface area (Å²) in [7, 11) is 0. The number of hydrogen-bond acceptors (Lipinski definition) is 3. The van der Waals surface area contributed by atoms with Crippen molar-refractivity contribution >= 4 is 23.4 Å². The Hall–Kier alpha value is -3.21. The molecule has 0 unspecified atom stereocenters. The van der Waals surface area contributed by atoms with E-state index in [1.54, 1.807) is 6.08 Å². The molecule has 154 valence electrons. The number of nitrogens with zero attached hydrogens (tertiary/aromatic N) is 1. The highest BCUT2D eigenvalue weighted by Crippen LogP contribution is 2.42. The lowest BCUT2D eigenvalue weighted by atomic mass is 9.71. The lowest BCUT2D eigenvalue weighted by molar-refractivity contribution is -0.142. The van der Waals surface area contributed by atoms with E-state index in [9.17, 15) is 14.4 Å². The van der Waals surface area contributed by atoms with Crippen LogP contribution >= 0.6 is 0 Å². The predicted molar refractivity (Wildman–Crippen MR) is 115 cm³/mol. The molecular formula is C25H26N2O3. The number of anilines is 1. The van der Waals surface area contributed by atoms with Crippen molar-refractivity contribution in [1.29, 1.82) is 0 Å². The average Bonchev–Trinajstić information content (AvgIpc) is 2.92. The van der Waals surface area contributed by atoms with E-state index in [1.807, 2.05) is 75.4 Å². The fourth-order valence-electron chi connectivity index (χ4n) is 4.69. The van der Waals surface area contributed by atoms with Gasteiger partial charge < -0.3 is 5.32 Å². The second-order valence-electron chi connectivity index (χ2n) is 8.44. The average molecular weight is 402 g/mol. The lowest BCUT2D eigenvalue weighted by Crippen LogP contribution is -2.41. The summed E-state index contributed by atoms with van der Waals surface area (Å²) in [5.74, 6) is -2.65. The van der Waals surface area contributed by atoms with Gasteiger partial charge in [0.15, 0.2) is 0 Å². The largest absolute Gasteiger partial charge is 0.326 e. The zero-order chi connectivity index (χ0) is 21.4. The van der Waals surface area contributed by atoms with Crippen LogP contribution in [0, 0.1) is 37.5 Å². The van der Waals surface area contributed by atoms with Gasteiger partial charge >= 0.3 is 0 Å². The Morgan fingerprint density at radius 1 is 0.967 bits per heavy atom. The number of carbonyl (C=O) groups excluding carboxylic acids is 3. The maximum Gasteiger partial charge on any atom is 0.237 e. The van der Waals surface area contributed by atoms with Gasteiger partial charge in [-0.25, -0.2) is 0 Å². The second kappa shape index (κ2) is 7.90. The molecule has 1 aliphatic heterocycles. The molecule has 0 aromatic heterocycles. The highest BCUT2D eigenvalue weighted by molar-refractivity contribution is 6.09. The van der Waals surface area contributed by atoms with Gasteiger partial charge in [-0.15, -0.1) is 0 Å². The van der Waals surface area contributed by atoms with E-state index in [2.05, 4.69) is 5.32 Å². The molecule has 1 N–H and O–H groups in total. The Morgan fingerprint density at radius 3 is 2.30 bits per heavy atom. The third-order valence-electron chi connectivity index (χ3n) is 6.04. The predicted octanol–water partition coefficient (Wildman–Crippen LogP) is 3.87. The molecule has 2 aromatic rings. The number of fused-ring (bicyclic) bond motifs is 1. The van der Waals surface area contributed by atoms with Crippen LogP contribution in [0.4, 0.5) is 5.69 Å². The Morgan fingerprint density at radius 2 is 1.63 bits per heavy atom. The molecule has 2 aliphatic rings. The summed E-state index contributed by atoms with van der Waals surface area (Å²) in [6.45, 7) is 6.12. The van der Waals surface area contributed by atoms with E-state index < -0.39 is 17.8 Å². The van der Waals surface area contributed by atoms with Gasteiger partial charge in [0.05, 0.1) is 24.3 Å². The van der Waals surface area contributed by atoms with Crippen LogP contribution in [-0.4, -0.2) is 22.6 Å². The number of aryl methyl sites for hydroxylation is 2. The van der Waals surface area contributed by atoms with Crippen LogP contribution in [-0.2, 0) is 20.9 Å². The zero-order valence-electron chi connectivity index (χ0n) is 17.5. The number of rotatable bonds is 4. The maximum absolute atomic E-state index is 13.3. The third kappa shape index (κ3) is 3.67. The van der Waals surface area contributed by atoms with Crippen LogP contribution in [0.1, 0.15) is 23.6 Å². The minimum Gasteiger partial charge on any atom is -0.326 e. The van der Waals surface area contributed by atoms with Gasteiger partial charge in [0.25, 0.3) is 0 Å². The van der Waals surface area contributed by atoms with E-state index in [4.69, 9.17) is 0 Å². The number of likely N-dealkylation sites (tertiary alicyclic amines) is 1. The summed E-state index contributed by atoms with van der Waals surface area (Å²) in [5.41, 5.74) is 3.72. The third-order valence-corrected chi connectivity index (χ3v) is 6.04. The van der Waals surface area contributed by atoms with Crippen molar-refractivity contribution in [3.8, 4) is 0 Å². The number of hydrogen-bond donors (Lipinski definition) is 1. The van der Waals surface area contributed by atoms with Crippen molar-refractivity contribution in [1.82, 2.24) is 4.90 Å². The fourth-order valence-corrected chi connectivity index (χ4v) is 4.69. The molecule has 5 heteroatoms. The molecule has 1 saturated heterocycles. The Labute approximate surface area is 176 Å². The van der Waals surface area contributed by atoms with Crippen LogP contribution in [0.3, 0.4) is 0 Å². The van der Waals surface area contributed by atoms with Crippen LogP contribution in [0.25, 0.3) is 0 Å². The first kappa shape index (κ1) is 20.1. The van der Waals surface area contributed by atoms with Crippen LogP contribution < -0.4 is 5.32 Å². The molecule has 0 spiro atoms. The quantitative estimate of drug-likeness (QED) is 0.624. The van der Waals surface area contributed by atoms with Crippen molar-refractivity contribution in [2.75, 3.05) is 5.32 Å². The molecule has 0 bridgehead atoms. The number of amides is 3. The maximum atomic E-state index is 13.3. The van der Waals surface area contributed by atoms with Crippen LogP contribution in [0.5, 0.6) is 0 Å². The van der Waals surface area contributed by atoms with E-state index in [0.29, 0.717) is 5.69 Å². The Balaban J connectivity index is 1.59. The van der Waals surface area contributed by atoms with Gasteiger partial charge in [0, 0.05) is 5.69 Å². The van der Waals surface area contributed by atoms with Crippen molar-refractivity contribution in [3.63, 3.8) is 0 Å². The first-order valence-electron chi connectivity index (χ1n) is 10.3. The topological polar surface area (TPSA) is 66.5 Å².